The molecule has 35 heavy (non-hydrogen) atoms. The number of fused-ring (bicyclic) bond motifs is 1. The van der Waals surface area contributed by atoms with E-state index in [1.165, 1.54) is 6.07 Å². The highest BCUT2D eigenvalue weighted by atomic mass is 79.9. The van der Waals surface area contributed by atoms with Gasteiger partial charge >= 0.3 is 12.1 Å². The van der Waals surface area contributed by atoms with E-state index in [2.05, 4.69) is 26.0 Å². The van der Waals surface area contributed by atoms with Crippen molar-refractivity contribution in [3.8, 4) is 11.1 Å². The molecule has 0 aliphatic rings. The molecular weight excluding hydrogens is 523 g/mol. The molecule has 0 fully saturated rings. The summed E-state index contributed by atoms with van der Waals surface area (Å²) in [5.41, 5.74) is 0.685. The van der Waals surface area contributed by atoms with Gasteiger partial charge in [0.1, 0.15) is 0 Å². The number of nitrogens with one attached hydrogen (secondary N) is 1. The molecule has 0 bridgehead atoms. The maximum Gasteiger partial charge on any atom is 0.418 e. The van der Waals surface area contributed by atoms with Gasteiger partial charge in [-0.25, -0.2) is 4.79 Å². The first kappa shape index (κ1) is 24.5. The number of ether oxygens (including phenoxy) is 1. The van der Waals surface area contributed by atoms with Gasteiger partial charge in [0.15, 0.2) is 0 Å². The van der Waals surface area contributed by atoms with Crippen LogP contribution in [0.15, 0.2) is 77.3 Å². The molecule has 0 spiro atoms. The van der Waals surface area contributed by atoms with Gasteiger partial charge in [-0.05, 0) is 70.8 Å². The van der Waals surface area contributed by atoms with Crippen molar-refractivity contribution in [1.82, 2.24) is 0 Å². The molecule has 178 valence electrons. The molecule has 0 unspecified atom stereocenters. The van der Waals surface area contributed by atoms with Crippen LogP contribution in [0.1, 0.15) is 31.8 Å². The monoisotopic (exact) mass is 541 g/mol. The van der Waals surface area contributed by atoms with Gasteiger partial charge in [-0.15, -0.1) is 0 Å². The Labute approximate surface area is 207 Å². The number of esters is 1. The van der Waals surface area contributed by atoms with Crippen molar-refractivity contribution in [2.24, 2.45) is 0 Å². The second-order valence-electron chi connectivity index (χ2n) is 7.86. The second kappa shape index (κ2) is 9.54. The van der Waals surface area contributed by atoms with Crippen molar-refractivity contribution in [2.75, 3.05) is 12.4 Å². The largest absolute Gasteiger partial charge is 0.465 e. The molecule has 4 aromatic rings. The highest BCUT2D eigenvalue weighted by Crippen LogP contribution is 2.38. The minimum atomic E-state index is -4.81. The minimum Gasteiger partial charge on any atom is -0.465 e. The van der Waals surface area contributed by atoms with Crippen LogP contribution in [0.4, 0.5) is 18.9 Å². The van der Waals surface area contributed by atoms with E-state index in [9.17, 15) is 22.8 Å². The van der Waals surface area contributed by atoms with Gasteiger partial charge in [-0.1, -0.05) is 52.3 Å². The van der Waals surface area contributed by atoms with Crippen LogP contribution in [0.5, 0.6) is 0 Å². The van der Waals surface area contributed by atoms with E-state index in [0.29, 0.717) is 17.0 Å². The van der Waals surface area contributed by atoms with Gasteiger partial charge in [0, 0.05) is 4.47 Å². The van der Waals surface area contributed by atoms with E-state index in [0.717, 1.165) is 34.2 Å². The second-order valence-corrected chi connectivity index (χ2v) is 8.78. The first-order valence-electron chi connectivity index (χ1n) is 10.5. The molecule has 4 aromatic carbocycles. The van der Waals surface area contributed by atoms with E-state index in [-0.39, 0.29) is 11.1 Å². The van der Waals surface area contributed by atoms with Gasteiger partial charge < -0.3 is 10.1 Å². The number of rotatable bonds is 4. The van der Waals surface area contributed by atoms with Crippen LogP contribution in [-0.2, 0) is 10.9 Å². The minimum absolute atomic E-state index is 0.257. The van der Waals surface area contributed by atoms with Crippen LogP contribution >= 0.6 is 15.9 Å². The molecule has 0 saturated heterocycles. The zero-order chi connectivity index (χ0) is 25.3. The zero-order valence-electron chi connectivity index (χ0n) is 18.7. The van der Waals surface area contributed by atoms with E-state index in [1.807, 2.05) is 48.5 Å². The maximum atomic E-state index is 13.8. The summed E-state index contributed by atoms with van der Waals surface area (Å²) in [7, 11) is 1.08. The molecule has 0 heterocycles. The Morgan fingerprint density at radius 2 is 1.66 bits per heavy atom. The number of halogens is 4. The lowest BCUT2D eigenvalue weighted by Gasteiger charge is -2.18. The van der Waals surface area contributed by atoms with E-state index in [4.69, 9.17) is 0 Å². The Kier molecular flexibility index (Phi) is 6.67. The van der Waals surface area contributed by atoms with Gasteiger partial charge in [0.2, 0.25) is 0 Å². The van der Waals surface area contributed by atoms with Crippen LogP contribution < -0.4 is 5.32 Å². The van der Waals surface area contributed by atoms with E-state index >= 15 is 0 Å². The van der Waals surface area contributed by atoms with Crippen LogP contribution in [-0.4, -0.2) is 19.0 Å². The Bertz CT molecular complexity index is 1450. The third-order valence-electron chi connectivity index (χ3n) is 5.67. The fourth-order valence-corrected chi connectivity index (χ4v) is 4.36. The van der Waals surface area contributed by atoms with Crippen molar-refractivity contribution >= 4 is 44.3 Å². The molecule has 0 radical (unpaired) electrons. The van der Waals surface area contributed by atoms with Crippen LogP contribution in [0, 0.1) is 6.92 Å². The highest BCUT2D eigenvalue weighted by Gasteiger charge is 2.35. The van der Waals surface area contributed by atoms with E-state index < -0.39 is 29.3 Å². The summed E-state index contributed by atoms with van der Waals surface area (Å²) in [4.78, 5) is 25.3. The lowest BCUT2D eigenvalue weighted by Crippen LogP contribution is -2.19. The predicted octanol–water partition coefficient (Wildman–Crippen LogP) is 7.64. The first-order valence-corrected chi connectivity index (χ1v) is 11.3. The summed E-state index contributed by atoms with van der Waals surface area (Å²) in [6, 6.07) is 19.7. The number of methoxy groups -OCH3 is 1. The third kappa shape index (κ3) is 4.93. The number of amides is 1. The molecule has 0 saturated carbocycles. The van der Waals surface area contributed by atoms with Crippen LogP contribution in [0.2, 0.25) is 0 Å². The molecule has 0 atom stereocenters. The number of hydrogen-bond acceptors (Lipinski definition) is 3. The molecule has 0 aliphatic carbocycles. The molecule has 8 heteroatoms. The average molecular weight is 542 g/mol. The van der Waals surface area contributed by atoms with Crippen molar-refractivity contribution in [2.45, 2.75) is 13.1 Å². The SMILES string of the molecule is COC(=O)c1ccc(NC(=O)c2c(C)c(-c3ccccc3)cc3ccc(Br)cc23)c(C(F)(F)F)c1. The topological polar surface area (TPSA) is 55.4 Å². The number of benzene rings is 4. The van der Waals surface area contributed by atoms with Crippen molar-refractivity contribution in [3.05, 3.63) is 99.5 Å². The molecule has 0 aromatic heterocycles. The van der Waals surface area contributed by atoms with Gasteiger partial charge in [0.05, 0.1) is 29.5 Å². The zero-order valence-corrected chi connectivity index (χ0v) is 20.3. The van der Waals surface area contributed by atoms with Crippen molar-refractivity contribution in [1.29, 1.82) is 0 Å². The predicted molar refractivity (Wildman–Crippen MR) is 133 cm³/mol. The highest BCUT2D eigenvalue weighted by molar-refractivity contribution is 9.10. The molecular formula is C27H19BrF3NO3. The fraction of sp³-hybridized carbons (Fsp3) is 0.111. The molecule has 0 aliphatic heterocycles. The Morgan fingerprint density at radius 3 is 2.31 bits per heavy atom. The number of alkyl halides is 3. The standard InChI is InChI=1S/C27H19BrF3NO3/c1-15-20(16-6-4-3-5-7-16)12-17-8-10-19(28)14-21(17)24(15)25(33)32-23-11-9-18(26(34)35-2)13-22(23)27(29,30)31/h3-14H,1-2H3,(H,32,33). The third-order valence-corrected chi connectivity index (χ3v) is 6.16. The van der Waals surface area contributed by atoms with E-state index in [1.54, 1.807) is 13.0 Å². The lowest BCUT2D eigenvalue weighted by atomic mass is 9.90. The summed E-state index contributed by atoms with van der Waals surface area (Å²) in [6.45, 7) is 1.77. The number of hydrogen-bond donors (Lipinski definition) is 1. The molecule has 4 nitrogen and oxygen atoms in total. The lowest BCUT2D eigenvalue weighted by molar-refractivity contribution is -0.136. The normalized spacial score (nSPS) is 11.4. The summed E-state index contributed by atoms with van der Waals surface area (Å²) in [5, 5.41) is 3.78. The smallest absolute Gasteiger partial charge is 0.418 e. The Morgan fingerprint density at radius 1 is 0.943 bits per heavy atom. The number of carbonyl (C=O) groups excluding carboxylic acids is 2. The molecule has 4 rings (SSSR count). The van der Waals surface area contributed by atoms with Gasteiger partial charge in [-0.3, -0.25) is 4.79 Å². The summed E-state index contributed by atoms with van der Waals surface area (Å²) < 4.78 is 46.7. The van der Waals surface area contributed by atoms with Gasteiger partial charge in [-0.2, -0.15) is 13.2 Å². The number of anilines is 1. The summed E-state index contributed by atoms with van der Waals surface area (Å²) in [6.07, 6.45) is -4.81. The van der Waals surface area contributed by atoms with Crippen LogP contribution in [0.3, 0.4) is 0 Å². The fourth-order valence-electron chi connectivity index (χ4n) is 4.00. The summed E-state index contributed by atoms with van der Waals surface area (Å²) in [5.74, 6) is -1.60. The molecule has 1 amide bonds. The van der Waals surface area contributed by atoms with Gasteiger partial charge in [0.25, 0.3) is 5.91 Å². The maximum absolute atomic E-state index is 13.8. The first-order chi connectivity index (χ1) is 16.6. The van der Waals surface area contributed by atoms with Crippen molar-refractivity contribution < 1.29 is 27.5 Å². The Balaban J connectivity index is 1.87. The quantitative estimate of drug-likeness (QED) is 0.270. The van der Waals surface area contributed by atoms with Crippen molar-refractivity contribution in [3.63, 3.8) is 0 Å². The van der Waals surface area contributed by atoms with Crippen LogP contribution in [0.25, 0.3) is 21.9 Å². The molecule has 1 N–H and O–H groups in total. The average Bonchev–Trinajstić information content (AvgIpc) is 2.83. The number of carbonyl (C=O) groups is 2. The summed E-state index contributed by atoms with van der Waals surface area (Å²) >= 11 is 3.41. The Hall–Kier alpha value is -3.65.